The van der Waals surface area contributed by atoms with E-state index in [0.717, 1.165) is 0 Å². The minimum atomic E-state index is -1.08. The van der Waals surface area contributed by atoms with Gasteiger partial charge in [-0.05, 0) is 30.3 Å². The van der Waals surface area contributed by atoms with Gasteiger partial charge in [0, 0.05) is 22.0 Å². The summed E-state index contributed by atoms with van der Waals surface area (Å²) in [6.45, 7) is 0. The molecule has 3 aromatic rings. The molecular weight excluding hydrogens is 293 g/mol. The number of pyridine rings is 1. The van der Waals surface area contributed by atoms with Crippen molar-refractivity contribution in [1.82, 2.24) is 4.98 Å². The second-order valence-electron chi connectivity index (χ2n) is 4.53. The van der Waals surface area contributed by atoms with Crippen molar-refractivity contribution in [3.63, 3.8) is 0 Å². The van der Waals surface area contributed by atoms with Crippen molar-refractivity contribution < 1.29 is 14.3 Å². The van der Waals surface area contributed by atoms with Gasteiger partial charge in [-0.1, -0.05) is 23.7 Å². The third-order valence-electron chi connectivity index (χ3n) is 3.14. The van der Waals surface area contributed by atoms with Crippen molar-refractivity contribution in [2.75, 3.05) is 0 Å². The molecule has 104 valence electrons. The topological polar surface area (TPSA) is 50.2 Å². The maximum Gasteiger partial charge on any atom is 0.336 e. The molecule has 2 aromatic carbocycles. The number of hydrogen-bond acceptors (Lipinski definition) is 2. The predicted molar refractivity (Wildman–Crippen MR) is 79.1 cm³/mol. The highest BCUT2D eigenvalue weighted by Crippen LogP contribution is 2.26. The third kappa shape index (κ3) is 2.58. The molecule has 0 aliphatic heterocycles. The van der Waals surface area contributed by atoms with Crippen LogP contribution in [0, 0.1) is 5.82 Å². The second-order valence-corrected chi connectivity index (χ2v) is 4.97. The number of nitrogens with zero attached hydrogens (tertiary/aromatic N) is 1. The Bertz CT molecular complexity index is 847. The number of halogens is 2. The first-order chi connectivity index (χ1) is 10.0. The molecule has 0 saturated heterocycles. The molecule has 21 heavy (non-hydrogen) atoms. The van der Waals surface area contributed by atoms with Crippen LogP contribution in [0.2, 0.25) is 5.02 Å². The zero-order valence-corrected chi connectivity index (χ0v) is 11.4. The molecule has 1 heterocycles. The van der Waals surface area contributed by atoms with Crippen molar-refractivity contribution >= 4 is 28.5 Å². The zero-order valence-electron chi connectivity index (χ0n) is 10.7. The van der Waals surface area contributed by atoms with Gasteiger partial charge in [0.25, 0.3) is 0 Å². The Morgan fingerprint density at radius 3 is 2.48 bits per heavy atom. The Morgan fingerprint density at radius 2 is 1.81 bits per heavy atom. The molecule has 3 rings (SSSR count). The molecule has 0 radical (unpaired) electrons. The smallest absolute Gasteiger partial charge is 0.336 e. The molecule has 0 aliphatic rings. The zero-order chi connectivity index (χ0) is 15.0. The summed E-state index contributed by atoms with van der Waals surface area (Å²) >= 11 is 5.83. The van der Waals surface area contributed by atoms with Crippen LogP contribution in [0.4, 0.5) is 4.39 Å². The second kappa shape index (κ2) is 5.14. The van der Waals surface area contributed by atoms with Gasteiger partial charge < -0.3 is 5.11 Å². The molecule has 0 spiro atoms. The van der Waals surface area contributed by atoms with Gasteiger partial charge in [0.05, 0.1) is 16.8 Å². The lowest BCUT2D eigenvalue weighted by Gasteiger charge is -2.07. The fraction of sp³-hybridized carbons (Fsp3) is 0. The number of hydrogen-bond donors (Lipinski definition) is 1. The van der Waals surface area contributed by atoms with Gasteiger partial charge in [0.2, 0.25) is 0 Å². The van der Waals surface area contributed by atoms with Gasteiger partial charge in [-0.25, -0.2) is 14.2 Å². The number of carboxylic acids is 1. The number of carboxylic acid groups (broad SMARTS) is 1. The van der Waals surface area contributed by atoms with Crippen molar-refractivity contribution in [2.24, 2.45) is 0 Å². The standard InChI is InChI=1S/C16H9ClFNO2/c17-10-3-1-9(2-4-10)14-8-13(16(20)21)12-6-5-11(18)7-15(12)19-14/h1-8H,(H,20,21). The first-order valence-corrected chi connectivity index (χ1v) is 6.52. The molecular formula is C16H9ClFNO2. The van der Waals surface area contributed by atoms with Crippen LogP contribution < -0.4 is 0 Å². The van der Waals surface area contributed by atoms with Gasteiger partial charge in [-0.15, -0.1) is 0 Å². The van der Waals surface area contributed by atoms with Gasteiger partial charge >= 0.3 is 5.97 Å². The maximum absolute atomic E-state index is 13.4. The molecule has 0 fully saturated rings. The molecule has 3 nitrogen and oxygen atoms in total. The number of aromatic nitrogens is 1. The fourth-order valence-corrected chi connectivity index (χ4v) is 2.27. The van der Waals surface area contributed by atoms with E-state index in [4.69, 9.17) is 11.6 Å². The monoisotopic (exact) mass is 301 g/mol. The van der Waals surface area contributed by atoms with E-state index >= 15 is 0 Å². The van der Waals surface area contributed by atoms with E-state index in [1.54, 1.807) is 24.3 Å². The average Bonchev–Trinajstić information content (AvgIpc) is 2.46. The highest BCUT2D eigenvalue weighted by Gasteiger charge is 2.13. The number of rotatable bonds is 2. The number of carbonyl (C=O) groups is 1. The summed E-state index contributed by atoms with van der Waals surface area (Å²) in [5.41, 5.74) is 1.57. The summed E-state index contributed by atoms with van der Waals surface area (Å²) in [4.78, 5) is 15.7. The first-order valence-electron chi connectivity index (χ1n) is 6.14. The van der Waals surface area contributed by atoms with Crippen LogP contribution in [0.1, 0.15) is 10.4 Å². The van der Waals surface area contributed by atoms with Crippen LogP contribution in [0.3, 0.4) is 0 Å². The number of fused-ring (bicyclic) bond motifs is 1. The Labute approximate surface area is 124 Å². The molecule has 0 saturated carbocycles. The summed E-state index contributed by atoms with van der Waals surface area (Å²) in [6.07, 6.45) is 0. The molecule has 0 aliphatic carbocycles. The highest BCUT2D eigenvalue weighted by molar-refractivity contribution is 6.30. The normalized spacial score (nSPS) is 10.8. The van der Waals surface area contributed by atoms with Crippen molar-refractivity contribution in [3.05, 3.63) is 64.9 Å². The minimum absolute atomic E-state index is 0.0879. The van der Waals surface area contributed by atoms with E-state index in [1.807, 2.05) is 0 Å². The molecule has 5 heteroatoms. The van der Waals surface area contributed by atoms with Crippen molar-refractivity contribution in [1.29, 1.82) is 0 Å². The predicted octanol–water partition coefficient (Wildman–Crippen LogP) is 4.39. The Kier molecular flexibility index (Phi) is 3.31. The molecule has 1 aromatic heterocycles. The van der Waals surface area contributed by atoms with E-state index in [-0.39, 0.29) is 5.56 Å². The average molecular weight is 302 g/mol. The Balaban J connectivity index is 2.29. The molecule has 0 unspecified atom stereocenters. The summed E-state index contributed by atoms with van der Waals surface area (Å²) in [6, 6.07) is 12.2. The van der Waals surface area contributed by atoms with Crippen molar-refractivity contribution in [2.45, 2.75) is 0 Å². The van der Waals surface area contributed by atoms with Gasteiger partial charge in [0.15, 0.2) is 0 Å². The van der Waals surface area contributed by atoms with E-state index in [2.05, 4.69) is 4.98 Å². The summed E-state index contributed by atoms with van der Waals surface area (Å²) < 4.78 is 13.4. The largest absolute Gasteiger partial charge is 0.478 e. The van der Waals surface area contributed by atoms with Gasteiger partial charge in [-0.2, -0.15) is 0 Å². The van der Waals surface area contributed by atoms with Crippen LogP contribution in [0.15, 0.2) is 48.5 Å². The first kappa shape index (κ1) is 13.5. The van der Waals surface area contributed by atoms with Crippen LogP contribution in [0.5, 0.6) is 0 Å². The lowest BCUT2D eigenvalue weighted by atomic mass is 10.0. The Hall–Kier alpha value is -2.46. The third-order valence-corrected chi connectivity index (χ3v) is 3.39. The van der Waals surface area contributed by atoms with Crippen LogP contribution in [-0.4, -0.2) is 16.1 Å². The number of benzene rings is 2. The quantitative estimate of drug-likeness (QED) is 0.763. The van der Waals surface area contributed by atoms with Crippen LogP contribution >= 0.6 is 11.6 Å². The summed E-state index contributed by atoms with van der Waals surface area (Å²) in [5.74, 6) is -1.54. The van der Waals surface area contributed by atoms with E-state index in [9.17, 15) is 14.3 Å². The van der Waals surface area contributed by atoms with Gasteiger partial charge in [-0.3, -0.25) is 0 Å². The molecule has 1 N–H and O–H groups in total. The van der Waals surface area contributed by atoms with Crippen LogP contribution in [-0.2, 0) is 0 Å². The molecule has 0 bridgehead atoms. The van der Waals surface area contributed by atoms with Gasteiger partial charge in [0.1, 0.15) is 5.82 Å². The molecule has 0 amide bonds. The van der Waals surface area contributed by atoms with Crippen molar-refractivity contribution in [3.8, 4) is 11.3 Å². The summed E-state index contributed by atoms with van der Waals surface area (Å²) in [5, 5.41) is 10.3. The fourth-order valence-electron chi connectivity index (χ4n) is 2.15. The Morgan fingerprint density at radius 1 is 1.10 bits per heavy atom. The number of aromatic carboxylic acids is 1. The van der Waals surface area contributed by atoms with E-state index in [1.165, 1.54) is 24.3 Å². The molecule has 0 atom stereocenters. The lowest BCUT2D eigenvalue weighted by molar-refractivity contribution is 0.0699. The summed E-state index contributed by atoms with van der Waals surface area (Å²) in [7, 11) is 0. The van der Waals surface area contributed by atoms with E-state index in [0.29, 0.717) is 27.2 Å². The highest BCUT2D eigenvalue weighted by atomic mass is 35.5. The SMILES string of the molecule is O=C(O)c1cc(-c2ccc(Cl)cc2)nc2cc(F)ccc12. The minimum Gasteiger partial charge on any atom is -0.478 e. The van der Waals surface area contributed by atoms with Crippen LogP contribution in [0.25, 0.3) is 22.2 Å². The maximum atomic E-state index is 13.4. The van der Waals surface area contributed by atoms with E-state index < -0.39 is 11.8 Å². The lowest BCUT2D eigenvalue weighted by Crippen LogP contribution is -2.00.